The van der Waals surface area contributed by atoms with Crippen molar-refractivity contribution in [2.24, 2.45) is 0 Å². The molecule has 2 saturated heterocycles. The lowest BCUT2D eigenvalue weighted by Crippen LogP contribution is -2.55. The summed E-state index contributed by atoms with van der Waals surface area (Å²) in [6.07, 6.45) is 4.32. The first-order chi connectivity index (χ1) is 13.9. The van der Waals surface area contributed by atoms with E-state index in [1.807, 2.05) is 6.07 Å². The highest BCUT2D eigenvalue weighted by molar-refractivity contribution is 6.31. The molecule has 4 rings (SSSR count). The molecule has 2 aliphatic heterocycles. The van der Waals surface area contributed by atoms with Crippen molar-refractivity contribution in [1.29, 1.82) is 0 Å². The smallest absolute Gasteiger partial charge is 0.312 e. The second-order valence-electron chi connectivity index (χ2n) is 7.60. The van der Waals surface area contributed by atoms with Crippen LogP contribution in [-0.4, -0.2) is 57.3 Å². The SMILES string of the molecule is CN1C(=O)N(Cc2cccnc2)C(=O)C12CCN(Cc1c(F)cccc1Cl)CC2. The minimum Gasteiger partial charge on any atom is -0.312 e. The third-order valence-electron chi connectivity index (χ3n) is 5.99. The predicted molar refractivity (Wildman–Crippen MR) is 107 cm³/mol. The minimum absolute atomic E-state index is 0.169. The number of aromatic nitrogens is 1. The lowest BCUT2D eigenvalue weighted by Gasteiger charge is -2.40. The molecule has 152 valence electrons. The molecular formula is C21H22ClFN4O2. The first-order valence-electron chi connectivity index (χ1n) is 9.56. The molecule has 0 N–H and O–H groups in total. The van der Waals surface area contributed by atoms with Crippen molar-refractivity contribution in [3.63, 3.8) is 0 Å². The van der Waals surface area contributed by atoms with Gasteiger partial charge in [0.05, 0.1) is 6.54 Å². The maximum atomic E-state index is 14.1. The van der Waals surface area contributed by atoms with E-state index in [1.54, 1.807) is 42.5 Å². The summed E-state index contributed by atoms with van der Waals surface area (Å²) in [5.74, 6) is -0.498. The average Bonchev–Trinajstić information content (AvgIpc) is 2.89. The Morgan fingerprint density at radius 1 is 1.14 bits per heavy atom. The van der Waals surface area contributed by atoms with E-state index < -0.39 is 5.54 Å². The Kier molecular flexibility index (Phi) is 5.27. The number of nitrogens with zero attached hydrogens (tertiary/aromatic N) is 4. The second-order valence-corrected chi connectivity index (χ2v) is 8.01. The Bertz CT molecular complexity index is 911. The number of likely N-dealkylation sites (N-methyl/N-ethyl adjacent to an activating group) is 1. The standard InChI is InChI=1S/C21H22ClFN4O2/c1-25-20(29)27(13-15-4-3-9-24-12-15)19(28)21(25)7-10-26(11-8-21)14-16-17(22)5-2-6-18(16)23/h2-6,9,12H,7-8,10-11,13-14H2,1H3. The number of halogens is 2. The molecule has 0 saturated carbocycles. The summed E-state index contributed by atoms with van der Waals surface area (Å²) in [5, 5.41) is 0.400. The summed E-state index contributed by atoms with van der Waals surface area (Å²) in [5.41, 5.74) is 0.436. The van der Waals surface area contributed by atoms with Gasteiger partial charge >= 0.3 is 6.03 Å². The van der Waals surface area contributed by atoms with Crippen LogP contribution < -0.4 is 0 Å². The van der Waals surface area contributed by atoms with Crippen molar-refractivity contribution in [2.75, 3.05) is 20.1 Å². The van der Waals surface area contributed by atoms with E-state index in [0.717, 1.165) is 5.56 Å². The van der Waals surface area contributed by atoms with Gasteiger partial charge in [0.25, 0.3) is 5.91 Å². The number of hydrogen-bond acceptors (Lipinski definition) is 4. The number of amides is 3. The van der Waals surface area contributed by atoms with Gasteiger partial charge in [-0.05, 0) is 36.6 Å². The van der Waals surface area contributed by atoms with Gasteiger partial charge in [0.15, 0.2) is 0 Å². The zero-order valence-corrected chi connectivity index (χ0v) is 16.9. The number of benzene rings is 1. The van der Waals surface area contributed by atoms with Gasteiger partial charge in [-0.2, -0.15) is 0 Å². The van der Waals surface area contributed by atoms with Crippen molar-refractivity contribution >= 4 is 23.5 Å². The fourth-order valence-corrected chi connectivity index (χ4v) is 4.42. The number of likely N-dealkylation sites (tertiary alicyclic amines) is 1. The Morgan fingerprint density at radius 2 is 1.90 bits per heavy atom. The highest BCUT2D eigenvalue weighted by Crippen LogP contribution is 2.37. The summed E-state index contributed by atoms with van der Waals surface area (Å²) in [7, 11) is 1.69. The van der Waals surface area contributed by atoms with Crippen molar-refractivity contribution < 1.29 is 14.0 Å². The Balaban J connectivity index is 1.47. The molecule has 6 nitrogen and oxygen atoms in total. The number of piperidine rings is 1. The highest BCUT2D eigenvalue weighted by Gasteiger charge is 2.56. The van der Waals surface area contributed by atoms with Crippen molar-refractivity contribution in [1.82, 2.24) is 19.7 Å². The van der Waals surface area contributed by atoms with Crippen LogP contribution >= 0.6 is 11.6 Å². The third-order valence-corrected chi connectivity index (χ3v) is 6.35. The Labute approximate surface area is 173 Å². The molecule has 0 unspecified atom stereocenters. The van der Waals surface area contributed by atoms with Crippen LogP contribution in [0.2, 0.25) is 5.02 Å². The zero-order chi connectivity index (χ0) is 20.6. The van der Waals surface area contributed by atoms with Gasteiger partial charge in [-0.15, -0.1) is 0 Å². The van der Waals surface area contributed by atoms with Gasteiger partial charge in [0, 0.05) is 49.7 Å². The van der Waals surface area contributed by atoms with Crippen molar-refractivity contribution in [2.45, 2.75) is 31.5 Å². The van der Waals surface area contributed by atoms with Crippen LogP contribution in [0.25, 0.3) is 0 Å². The summed E-state index contributed by atoms with van der Waals surface area (Å²) in [6, 6.07) is 8.00. The molecule has 0 aliphatic carbocycles. The second kappa shape index (κ2) is 7.72. The molecule has 3 heterocycles. The monoisotopic (exact) mass is 416 g/mol. The van der Waals surface area contributed by atoms with Crippen LogP contribution in [0, 0.1) is 5.82 Å². The van der Waals surface area contributed by atoms with E-state index in [4.69, 9.17) is 11.6 Å². The van der Waals surface area contributed by atoms with Gasteiger partial charge in [0.2, 0.25) is 0 Å². The number of carbonyl (C=O) groups excluding carboxylic acids is 2. The summed E-state index contributed by atoms with van der Waals surface area (Å²) < 4.78 is 14.1. The van der Waals surface area contributed by atoms with Gasteiger partial charge in [0.1, 0.15) is 11.4 Å². The topological polar surface area (TPSA) is 56.8 Å². The number of carbonyl (C=O) groups is 2. The summed E-state index contributed by atoms with van der Waals surface area (Å²) in [4.78, 5) is 35.0. The van der Waals surface area contributed by atoms with E-state index in [0.29, 0.717) is 43.1 Å². The quantitative estimate of drug-likeness (QED) is 0.717. The molecule has 2 aromatic rings. The van der Waals surface area contributed by atoms with E-state index >= 15 is 0 Å². The minimum atomic E-state index is -0.838. The Morgan fingerprint density at radius 3 is 2.55 bits per heavy atom. The molecule has 8 heteroatoms. The van der Waals surface area contributed by atoms with Gasteiger partial charge < -0.3 is 4.90 Å². The van der Waals surface area contributed by atoms with Crippen molar-refractivity contribution in [3.8, 4) is 0 Å². The molecule has 2 fully saturated rings. The predicted octanol–water partition coefficient (Wildman–Crippen LogP) is 3.30. The average molecular weight is 417 g/mol. The molecule has 1 spiro atoms. The van der Waals surface area contributed by atoms with E-state index in [2.05, 4.69) is 9.88 Å². The normalized spacial score (nSPS) is 19.4. The zero-order valence-electron chi connectivity index (χ0n) is 16.1. The first-order valence-corrected chi connectivity index (χ1v) is 9.94. The molecule has 1 aromatic heterocycles. The molecular weight excluding hydrogens is 395 g/mol. The van der Waals surface area contributed by atoms with E-state index in [-0.39, 0.29) is 24.3 Å². The maximum Gasteiger partial charge on any atom is 0.327 e. The third kappa shape index (κ3) is 3.49. The van der Waals surface area contributed by atoms with Gasteiger partial charge in [-0.3, -0.25) is 19.6 Å². The fourth-order valence-electron chi connectivity index (χ4n) is 4.20. The van der Waals surface area contributed by atoms with E-state index in [9.17, 15) is 14.0 Å². The number of rotatable bonds is 4. The number of pyridine rings is 1. The van der Waals surface area contributed by atoms with Crippen LogP contribution in [0.15, 0.2) is 42.7 Å². The molecule has 0 radical (unpaired) electrons. The first kappa shape index (κ1) is 19.8. The summed E-state index contributed by atoms with van der Waals surface area (Å²) in [6.45, 7) is 1.75. The fraction of sp³-hybridized carbons (Fsp3) is 0.381. The van der Waals surface area contributed by atoms with Crippen LogP contribution in [0.3, 0.4) is 0 Å². The summed E-state index contributed by atoms with van der Waals surface area (Å²) >= 11 is 6.15. The van der Waals surface area contributed by atoms with Crippen molar-refractivity contribution in [3.05, 3.63) is 64.7 Å². The number of hydrogen-bond donors (Lipinski definition) is 0. The number of urea groups is 1. The molecule has 1 aromatic carbocycles. The van der Waals surface area contributed by atoms with Crippen LogP contribution in [0.5, 0.6) is 0 Å². The lowest BCUT2D eigenvalue weighted by atomic mass is 9.86. The van der Waals surface area contributed by atoms with Gasteiger partial charge in [-0.25, -0.2) is 9.18 Å². The van der Waals surface area contributed by atoms with Crippen LogP contribution in [0.1, 0.15) is 24.0 Å². The van der Waals surface area contributed by atoms with Crippen LogP contribution in [0.4, 0.5) is 9.18 Å². The molecule has 2 aliphatic rings. The maximum absolute atomic E-state index is 14.1. The van der Waals surface area contributed by atoms with E-state index in [1.165, 1.54) is 11.0 Å². The highest BCUT2D eigenvalue weighted by atomic mass is 35.5. The van der Waals surface area contributed by atoms with Gasteiger partial charge in [-0.1, -0.05) is 23.7 Å². The number of imide groups is 1. The molecule has 29 heavy (non-hydrogen) atoms. The molecule has 3 amide bonds. The largest absolute Gasteiger partial charge is 0.327 e. The Hall–Kier alpha value is -2.51. The van der Waals surface area contributed by atoms with Crippen LogP contribution in [-0.2, 0) is 17.9 Å². The molecule has 0 bridgehead atoms. The molecule has 0 atom stereocenters. The lowest BCUT2D eigenvalue weighted by molar-refractivity contribution is -0.135.